The topological polar surface area (TPSA) is 35.6 Å². The molecule has 1 amide bonds. The van der Waals surface area contributed by atoms with Crippen molar-refractivity contribution in [2.75, 3.05) is 39.8 Å². The number of likely N-dealkylation sites (tertiary alicyclic amines) is 1. The Morgan fingerprint density at radius 2 is 2.05 bits per heavy atom. The molecule has 2 aliphatic heterocycles. The number of piperidine rings is 1. The average molecular weight is 267 g/mol. The van der Waals surface area contributed by atoms with Gasteiger partial charge in [-0.3, -0.25) is 4.79 Å². The minimum Gasteiger partial charge on any atom is -0.343 e. The van der Waals surface area contributed by atoms with Crippen molar-refractivity contribution in [1.82, 2.24) is 15.1 Å². The van der Waals surface area contributed by atoms with E-state index in [1.54, 1.807) is 0 Å². The Bertz CT molecular complexity index is 281. The molecule has 0 aromatic rings. The summed E-state index contributed by atoms with van der Waals surface area (Å²) in [6.45, 7) is 7.85. The zero-order valence-electron chi connectivity index (χ0n) is 12.5. The molecule has 4 heteroatoms. The number of hydrogen-bond donors (Lipinski definition) is 1. The Kier molecular flexibility index (Phi) is 5.64. The van der Waals surface area contributed by atoms with Gasteiger partial charge >= 0.3 is 0 Å². The Labute approximate surface area is 117 Å². The molecule has 2 fully saturated rings. The van der Waals surface area contributed by atoms with Crippen molar-refractivity contribution in [2.24, 2.45) is 5.92 Å². The predicted octanol–water partition coefficient (Wildman–Crippen LogP) is 1.32. The molecule has 110 valence electrons. The monoisotopic (exact) mass is 267 g/mol. The highest BCUT2D eigenvalue weighted by Gasteiger charge is 2.27. The lowest BCUT2D eigenvalue weighted by Gasteiger charge is -2.37. The SMILES string of the molecule is CCCN1CCC(N(C)C(=O)CC2CCNC2)CC1. The number of hydrogen-bond acceptors (Lipinski definition) is 3. The maximum absolute atomic E-state index is 12.3. The molecular formula is C15H29N3O. The standard InChI is InChI=1S/C15H29N3O/c1-3-8-18-9-5-14(6-10-18)17(2)15(19)11-13-4-7-16-12-13/h13-14,16H,3-12H2,1-2H3. The quantitative estimate of drug-likeness (QED) is 0.816. The summed E-state index contributed by atoms with van der Waals surface area (Å²) in [6, 6.07) is 0.468. The van der Waals surface area contributed by atoms with E-state index in [1.165, 1.54) is 13.0 Å². The van der Waals surface area contributed by atoms with Crippen LogP contribution in [0.1, 0.15) is 39.0 Å². The van der Waals surface area contributed by atoms with Crippen molar-refractivity contribution in [3.05, 3.63) is 0 Å². The molecular weight excluding hydrogens is 238 g/mol. The summed E-state index contributed by atoms with van der Waals surface area (Å²) in [5.41, 5.74) is 0. The van der Waals surface area contributed by atoms with Crippen LogP contribution in [0.2, 0.25) is 0 Å². The van der Waals surface area contributed by atoms with Crippen LogP contribution in [0.15, 0.2) is 0 Å². The van der Waals surface area contributed by atoms with Gasteiger partial charge in [0, 0.05) is 32.6 Å². The summed E-state index contributed by atoms with van der Waals surface area (Å²) >= 11 is 0. The van der Waals surface area contributed by atoms with Crippen LogP contribution < -0.4 is 5.32 Å². The van der Waals surface area contributed by atoms with Crippen LogP contribution in [0.3, 0.4) is 0 Å². The highest BCUT2D eigenvalue weighted by Crippen LogP contribution is 2.19. The lowest BCUT2D eigenvalue weighted by Crippen LogP contribution is -2.46. The van der Waals surface area contributed by atoms with Crippen LogP contribution in [-0.4, -0.2) is 61.5 Å². The minimum atomic E-state index is 0.350. The van der Waals surface area contributed by atoms with Gasteiger partial charge in [-0.05, 0) is 51.2 Å². The molecule has 2 heterocycles. The zero-order chi connectivity index (χ0) is 13.7. The summed E-state index contributed by atoms with van der Waals surface area (Å²) in [6.07, 6.45) is 5.41. The largest absolute Gasteiger partial charge is 0.343 e. The normalized spacial score (nSPS) is 25.7. The van der Waals surface area contributed by atoms with Gasteiger partial charge in [-0.25, -0.2) is 0 Å². The highest BCUT2D eigenvalue weighted by molar-refractivity contribution is 5.76. The number of nitrogens with one attached hydrogen (secondary N) is 1. The molecule has 2 aliphatic rings. The highest BCUT2D eigenvalue weighted by atomic mass is 16.2. The molecule has 1 unspecified atom stereocenters. The molecule has 0 radical (unpaired) electrons. The van der Waals surface area contributed by atoms with Gasteiger partial charge in [0.15, 0.2) is 0 Å². The number of carbonyl (C=O) groups is 1. The summed E-state index contributed by atoms with van der Waals surface area (Å²) in [5.74, 6) is 0.915. The number of carbonyl (C=O) groups excluding carboxylic acids is 1. The first-order valence-corrected chi connectivity index (χ1v) is 7.89. The van der Waals surface area contributed by atoms with Crippen molar-refractivity contribution in [2.45, 2.75) is 45.1 Å². The van der Waals surface area contributed by atoms with Gasteiger partial charge in [0.05, 0.1) is 0 Å². The second-order valence-corrected chi connectivity index (χ2v) is 6.14. The first-order valence-electron chi connectivity index (χ1n) is 7.89. The Hall–Kier alpha value is -0.610. The molecule has 0 bridgehead atoms. The Morgan fingerprint density at radius 3 is 2.63 bits per heavy atom. The van der Waals surface area contributed by atoms with E-state index in [4.69, 9.17) is 0 Å². The van der Waals surface area contributed by atoms with E-state index in [-0.39, 0.29) is 0 Å². The smallest absolute Gasteiger partial charge is 0.222 e. The molecule has 2 saturated heterocycles. The van der Waals surface area contributed by atoms with Gasteiger partial charge in [-0.1, -0.05) is 6.92 Å². The Morgan fingerprint density at radius 1 is 1.32 bits per heavy atom. The molecule has 0 aromatic carbocycles. The van der Waals surface area contributed by atoms with Gasteiger partial charge in [0.1, 0.15) is 0 Å². The zero-order valence-corrected chi connectivity index (χ0v) is 12.5. The predicted molar refractivity (Wildman–Crippen MR) is 78.1 cm³/mol. The van der Waals surface area contributed by atoms with Crippen LogP contribution in [-0.2, 0) is 4.79 Å². The van der Waals surface area contributed by atoms with Gasteiger partial charge in [0.2, 0.25) is 5.91 Å². The summed E-state index contributed by atoms with van der Waals surface area (Å²) in [5, 5.41) is 3.34. The van der Waals surface area contributed by atoms with E-state index in [1.807, 2.05) is 11.9 Å². The van der Waals surface area contributed by atoms with E-state index >= 15 is 0 Å². The van der Waals surface area contributed by atoms with E-state index < -0.39 is 0 Å². The van der Waals surface area contributed by atoms with E-state index in [2.05, 4.69) is 17.1 Å². The molecule has 2 rings (SSSR count). The van der Waals surface area contributed by atoms with Crippen LogP contribution in [0.4, 0.5) is 0 Å². The van der Waals surface area contributed by atoms with Gasteiger partial charge in [-0.15, -0.1) is 0 Å². The van der Waals surface area contributed by atoms with Crippen molar-refractivity contribution >= 4 is 5.91 Å². The van der Waals surface area contributed by atoms with Gasteiger partial charge in [0.25, 0.3) is 0 Å². The van der Waals surface area contributed by atoms with Crippen LogP contribution >= 0.6 is 0 Å². The van der Waals surface area contributed by atoms with Crippen LogP contribution in [0.25, 0.3) is 0 Å². The van der Waals surface area contributed by atoms with Gasteiger partial charge < -0.3 is 15.1 Å². The van der Waals surface area contributed by atoms with E-state index in [0.717, 1.165) is 51.9 Å². The molecule has 0 saturated carbocycles. The maximum atomic E-state index is 12.3. The van der Waals surface area contributed by atoms with Crippen LogP contribution in [0, 0.1) is 5.92 Å². The lowest BCUT2D eigenvalue weighted by molar-refractivity contribution is -0.133. The number of rotatable bonds is 5. The lowest BCUT2D eigenvalue weighted by atomic mass is 10.0. The minimum absolute atomic E-state index is 0.350. The van der Waals surface area contributed by atoms with Crippen molar-refractivity contribution in [3.8, 4) is 0 Å². The van der Waals surface area contributed by atoms with Gasteiger partial charge in [-0.2, -0.15) is 0 Å². The van der Waals surface area contributed by atoms with E-state index in [0.29, 0.717) is 17.9 Å². The fourth-order valence-corrected chi connectivity index (χ4v) is 3.33. The van der Waals surface area contributed by atoms with Crippen LogP contribution in [0.5, 0.6) is 0 Å². The number of nitrogens with zero attached hydrogens (tertiary/aromatic N) is 2. The molecule has 0 aromatic heterocycles. The molecule has 1 N–H and O–H groups in total. The fourth-order valence-electron chi connectivity index (χ4n) is 3.33. The first-order chi connectivity index (χ1) is 9.20. The summed E-state index contributed by atoms with van der Waals surface area (Å²) in [7, 11) is 2.00. The number of amides is 1. The average Bonchev–Trinajstić information content (AvgIpc) is 2.92. The van der Waals surface area contributed by atoms with Crippen molar-refractivity contribution in [3.63, 3.8) is 0 Å². The van der Waals surface area contributed by atoms with E-state index in [9.17, 15) is 4.79 Å². The molecule has 0 spiro atoms. The Balaban J connectivity index is 1.73. The first kappa shape index (κ1) is 14.8. The third kappa shape index (κ3) is 4.18. The fraction of sp³-hybridized carbons (Fsp3) is 0.933. The molecule has 0 aliphatic carbocycles. The summed E-state index contributed by atoms with van der Waals surface area (Å²) in [4.78, 5) is 16.8. The molecule has 4 nitrogen and oxygen atoms in total. The molecule has 19 heavy (non-hydrogen) atoms. The second-order valence-electron chi connectivity index (χ2n) is 6.14. The molecule has 1 atom stereocenters. The third-order valence-corrected chi connectivity index (χ3v) is 4.66. The van der Waals surface area contributed by atoms with Crippen molar-refractivity contribution in [1.29, 1.82) is 0 Å². The second kappa shape index (κ2) is 7.25. The van der Waals surface area contributed by atoms with Crippen molar-refractivity contribution < 1.29 is 4.79 Å². The summed E-state index contributed by atoms with van der Waals surface area (Å²) < 4.78 is 0. The third-order valence-electron chi connectivity index (χ3n) is 4.66. The maximum Gasteiger partial charge on any atom is 0.222 e.